The summed E-state index contributed by atoms with van der Waals surface area (Å²) in [4.78, 5) is 0. The highest BCUT2D eigenvalue weighted by atomic mass is 16.3. The summed E-state index contributed by atoms with van der Waals surface area (Å²) in [6.07, 6.45) is 0. The number of benzene rings is 8. The molecular weight excluding hydrogens is 623 g/mol. The summed E-state index contributed by atoms with van der Waals surface area (Å²) in [5.74, 6) is 0. The van der Waals surface area contributed by atoms with Gasteiger partial charge in [0.05, 0.1) is 11.1 Å². The van der Waals surface area contributed by atoms with E-state index in [4.69, 9.17) is 8.83 Å². The number of hydrogen-bond donors (Lipinski definition) is 1. The van der Waals surface area contributed by atoms with Crippen molar-refractivity contribution < 1.29 is 8.83 Å². The molecule has 0 unspecified atom stereocenters. The van der Waals surface area contributed by atoms with Gasteiger partial charge in [-0.15, -0.1) is 0 Å². The van der Waals surface area contributed by atoms with Gasteiger partial charge >= 0.3 is 0 Å². The lowest BCUT2D eigenvalue weighted by Crippen LogP contribution is -1.91. The second kappa shape index (κ2) is 11.9. The molecule has 0 aliphatic heterocycles. The zero-order valence-electron chi connectivity index (χ0n) is 27.6. The summed E-state index contributed by atoms with van der Waals surface area (Å²) in [5.41, 5.74) is 14.9. The Kier molecular flexibility index (Phi) is 6.81. The summed E-state index contributed by atoms with van der Waals surface area (Å²) in [6, 6.07) is 63.8. The molecule has 2 heterocycles. The summed E-state index contributed by atoms with van der Waals surface area (Å²) in [5, 5.41) is 8.15. The minimum atomic E-state index is 0.853. The first-order valence-corrected chi connectivity index (χ1v) is 17.3. The Balaban J connectivity index is 0.988. The van der Waals surface area contributed by atoms with E-state index in [2.05, 4.69) is 163 Å². The Morgan fingerprint density at radius 1 is 0.314 bits per heavy atom. The third-order valence-electron chi connectivity index (χ3n) is 9.92. The van der Waals surface area contributed by atoms with Gasteiger partial charge < -0.3 is 14.2 Å². The van der Waals surface area contributed by atoms with Gasteiger partial charge in [-0.25, -0.2) is 0 Å². The number of anilines is 2. The number of furan rings is 2. The first-order valence-electron chi connectivity index (χ1n) is 17.3. The average Bonchev–Trinajstić information content (AvgIpc) is 3.77. The van der Waals surface area contributed by atoms with Gasteiger partial charge in [-0.05, 0) is 93.0 Å². The van der Waals surface area contributed by atoms with E-state index in [1.165, 1.54) is 22.3 Å². The third-order valence-corrected chi connectivity index (χ3v) is 9.92. The molecule has 0 aliphatic carbocycles. The van der Waals surface area contributed by atoms with Crippen molar-refractivity contribution in [1.82, 2.24) is 0 Å². The Bertz CT molecular complexity index is 2860. The molecule has 2 aromatic heterocycles. The number of para-hydroxylation sites is 1. The lowest BCUT2D eigenvalue weighted by molar-refractivity contribution is 0.668. The van der Waals surface area contributed by atoms with Gasteiger partial charge in [0, 0.05) is 21.8 Å². The van der Waals surface area contributed by atoms with E-state index in [-0.39, 0.29) is 0 Å². The first kappa shape index (κ1) is 29.1. The molecule has 0 radical (unpaired) electrons. The van der Waals surface area contributed by atoms with Crippen LogP contribution >= 0.6 is 0 Å². The maximum absolute atomic E-state index is 6.44. The summed E-state index contributed by atoms with van der Waals surface area (Å²) >= 11 is 0. The molecule has 0 bridgehead atoms. The van der Waals surface area contributed by atoms with Crippen molar-refractivity contribution in [3.05, 3.63) is 182 Å². The molecule has 3 nitrogen and oxygen atoms in total. The van der Waals surface area contributed by atoms with Crippen molar-refractivity contribution in [2.45, 2.75) is 0 Å². The van der Waals surface area contributed by atoms with Gasteiger partial charge in [0.25, 0.3) is 0 Å². The van der Waals surface area contributed by atoms with Crippen molar-refractivity contribution in [3.63, 3.8) is 0 Å². The summed E-state index contributed by atoms with van der Waals surface area (Å²) in [7, 11) is 0. The Hall–Kier alpha value is -6.84. The van der Waals surface area contributed by atoms with E-state index >= 15 is 0 Å². The van der Waals surface area contributed by atoms with Gasteiger partial charge in [-0.1, -0.05) is 133 Å². The predicted molar refractivity (Wildman–Crippen MR) is 212 cm³/mol. The number of nitrogens with one attached hydrogen (secondary N) is 1. The van der Waals surface area contributed by atoms with Gasteiger partial charge in [0.1, 0.15) is 22.3 Å². The molecule has 51 heavy (non-hydrogen) atoms. The molecule has 0 amide bonds. The van der Waals surface area contributed by atoms with E-state index in [1.807, 2.05) is 24.3 Å². The zero-order chi connectivity index (χ0) is 33.7. The standard InChI is InChI=1S/C48H31NO2/c1-2-10-32(11-3-1)37-12-4-5-13-38(37)33-20-22-34(23-21-33)39-15-8-18-44-47(39)48-42(16-9-19-45(48)51-44)49-36-27-24-31(25-28-36)35-26-29-41-40-14-6-7-17-43(40)50-46(41)30-35/h1-30,49H. The largest absolute Gasteiger partial charge is 0.456 e. The van der Waals surface area contributed by atoms with Crippen molar-refractivity contribution in [2.24, 2.45) is 0 Å². The molecule has 0 fully saturated rings. The molecular formula is C48H31NO2. The monoisotopic (exact) mass is 653 g/mol. The molecule has 10 aromatic rings. The summed E-state index contributed by atoms with van der Waals surface area (Å²) < 4.78 is 12.6. The molecule has 0 aliphatic rings. The van der Waals surface area contributed by atoms with Gasteiger partial charge in [-0.2, -0.15) is 0 Å². The number of fused-ring (bicyclic) bond motifs is 6. The number of hydrogen-bond acceptors (Lipinski definition) is 3. The van der Waals surface area contributed by atoms with Crippen LogP contribution in [0.1, 0.15) is 0 Å². The zero-order valence-corrected chi connectivity index (χ0v) is 27.6. The smallest absolute Gasteiger partial charge is 0.137 e. The normalized spacial score (nSPS) is 11.5. The van der Waals surface area contributed by atoms with Crippen molar-refractivity contribution in [3.8, 4) is 44.5 Å². The molecule has 0 atom stereocenters. The molecule has 240 valence electrons. The van der Waals surface area contributed by atoms with E-state index < -0.39 is 0 Å². The fraction of sp³-hybridized carbons (Fsp3) is 0. The summed E-state index contributed by atoms with van der Waals surface area (Å²) in [6.45, 7) is 0. The second-order valence-electron chi connectivity index (χ2n) is 13.0. The van der Waals surface area contributed by atoms with Crippen LogP contribution in [0.4, 0.5) is 11.4 Å². The molecule has 0 saturated carbocycles. The van der Waals surface area contributed by atoms with Crippen molar-refractivity contribution in [2.75, 3.05) is 5.32 Å². The average molecular weight is 654 g/mol. The van der Waals surface area contributed by atoms with Crippen LogP contribution in [0.3, 0.4) is 0 Å². The van der Waals surface area contributed by atoms with Crippen LogP contribution < -0.4 is 5.32 Å². The highest BCUT2D eigenvalue weighted by molar-refractivity contribution is 6.17. The lowest BCUT2D eigenvalue weighted by atomic mass is 9.92. The van der Waals surface area contributed by atoms with Crippen LogP contribution in [-0.2, 0) is 0 Å². The molecule has 1 N–H and O–H groups in total. The van der Waals surface area contributed by atoms with Crippen LogP contribution in [0.2, 0.25) is 0 Å². The van der Waals surface area contributed by atoms with Gasteiger partial charge in [0.2, 0.25) is 0 Å². The maximum atomic E-state index is 6.44. The van der Waals surface area contributed by atoms with Crippen LogP contribution in [0.15, 0.2) is 191 Å². The number of rotatable bonds is 6. The third kappa shape index (κ3) is 5.06. The highest BCUT2D eigenvalue weighted by Crippen LogP contribution is 2.42. The fourth-order valence-electron chi connectivity index (χ4n) is 7.45. The predicted octanol–water partition coefficient (Wildman–Crippen LogP) is 13.9. The Morgan fingerprint density at radius 2 is 0.843 bits per heavy atom. The SMILES string of the molecule is c1ccc(-c2ccccc2-c2ccc(-c3cccc4oc5cccc(Nc6ccc(-c7ccc8c(c7)oc7ccccc78)cc6)c5c34)cc2)cc1. The molecule has 0 saturated heterocycles. The molecule has 10 rings (SSSR count). The molecule has 8 aromatic carbocycles. The van der Waals surface area contributed by atoms with E-state index in [1.54, 1.807) is 0 Å². The quantitative estimate of drug-likeness (QED) is 0.194. The van der Waals surface area contributed by atoms with Crippen LogP contribution in [-0.4, -0.2) is 0 Å². The second-order valence-corrected chi connectivity index (χ2v) is 13.0. The van der Waals surface area contributed by atoms with Crippen LogP contribution in [0, 0.1) is 0 Å². The van der Waals surface area contributed by atoms with E-state index in [0.717, 1.165) is 77.5 Å². The topological polar surface area (TPSA) is 38.3 Å². The van der Waals surface area contributed by atoms with E-state index in [0.29, 0.717) is 0 Å². The van der Waals surface area contributed by atoms with Crippen LogP contribution in [0.5, 0.6) is 0 Å². The Morgan fingerprint density at radius 3 is 1.63 bits per heavy atom. The fourth-order valence-corrected chi connectivity index (χ4v) is 7.45. The van der Waals surface area contributed by atoms with Crippen molar-refractivity contribution >= 4 is 55.3 Å². The van der Waals surface area contributed by atoms with Gasteiger partial charge in [0.15, 0.2) is 0 Å². The van der Waals surface area contributed by atoms with Gasteiger partial charge in [-0.3, -0.25) is 0 Å². The van der Waals surface area contributed by atoms with Crippen LogP contribution in [0.25, 0.3) is 88.4 Å². The first-order chi connectivity index (χ1) is 25.3. The maximum Gasteiger partial charge on any atom is 0.137 e. The van der Waals surface area contributed by atoms with E-state index in [9.17, 15) is 0 Å². The lowest BCUT2D eigenvalue weighted by Gasteiger charge is -2.12. The molecule has 0 spiro atoms. The highest BCUT2D eigenvalue weighted by Gasteiger charge is 2.17. The minimum Gasteiger partial charge on any atom is -0.456 e. The minimum absolute atomic E-state index is 0.853. The van der Waals surface area contributed by atoms with Crippen molar-refractivity contribution in [1.29, 1.82) is 0 Å². The Labute approximate surface area is 295 Å². The molecule has 3 heteroatoms.